The second-order valence-electron chi connectivity index (χ2n) is 6.77. The van der Waals surface area contributed by atoms with Gasteiger partial charge in [0.1, 0.15) is 0 Å². The van der Waals surface area contributed by atoms with Gasteiger partial charge >= 0.3 is 0 Å². The van der Waals surface area contributed by atoms with Crippen molar-refractivity contribution < 1.29 is 22.8 Å². The first kappa shape index (κ1) is 22.8. The van der Waals surface area contributed by atoms with Crippen LogP contribution in [0, 0.1) is 11.6 Å². The zero-order chi connectivity index (χ0) is 22.7. The molecule has 0 aliphatic rings. The standard InChI is InChI=1S/C20H19F2IN5O3P/c1-29-16-7-17(30-2)19(22)14(18(16)21)6-15-13-5-11(8-24-20(13)27-26-15)12-9-25-28(10-12)3-4-31-32-23/h5,7-10,32H,3-4,6H2,1-2H3,(H,24,26,27). The molecule has 0 aliphatic carbocycles. The van der Waals surface area contributed by atoms with Gasteiger partial charge in [-0.05, 0) is 28.1 Å². The van der Waals surface area contributed by atoms with E-state index in [1.165, 1.54) is 20.3 Å². The molecule has 0 saturated carbocycles. The van der Waals surface area contributed by atoms with Crippen LogP contribution >= 0.6 is 28.5 Å². The van der Waals surface area contributed by atoms with Gasteiger partial charge < -0.3 is 14.0 Å². The molecule has 0 aliphatic heterocycles. The van der Waals surface area contributed by atoms with Gasteiger partial charge in [-0.3, -0.25) is 9.78 Å². The Balaban J connectivity index is 1.68. The second kappa shape index (κ2) is 10.1. The molecule has 0 spiro atoms. The van der Waals surface area contributed by atoms with Gasteiger partial charge in [-0.15, -0.1) is 0 Å². The lowest BCUT2D eigenvalue weighted by molar-refractivity contribution is 0.335. The van der Waals surface area contributed by atoms with Crippen molar-refractivity contribution in [1.82, 2.24) is 25.0 Å². The maximum absolute atomic E-state index is 14.8. The average molecular weight is 573 g/mol. The van der Waals surface area contributed by atoms with Gasteiger partial charge in [0, 0.05) is 47.0 Å². The van der Waals surface area contributed by atoms with E-state index in [0.29, 0.717) is 36.3 Å². The minimum absolute atomic E-state index is 0.101. The number of halogens is 3. The zero-order valence-electron chi connectivity index (χ0n) is 17.2. The van der Waals surface area contributed by atoms with Crippen molar-refractivity contribution >= 4 is 39.5 Å². The summed E-state index contributed by atoms with van der Waals surface area (Å²) in [4.78, 5) is 4.40. The number of benzene rings is 1. The monoisotopic (exact) mass is 573 g/mol. The summed E-state index contributed by atoms with van der Waals surface area (Å²) in [6, 6.07) is 3.05. The molecule has 0 amide bonds. The average Bonchev–Trinajstić information content (AvgIpc) is 3.44. The first-order chi connectivity index (χ1) is 15.5. The number of hydrogen-bond donors (Lipinski definition) is 1. The second-order valence-corrected chi connectivity index (χ2v) is 8.54. The molecule has 0 fully saturated rings. The predicted octanol–water partition coefficient (Wildman–Crippen LogP) is 4.67. The number of fused-ring (bicyclic) bond motifs is 1. The first-order valence-corrected chi connectivity index (χ1v) is 13.5. The summed E-state index contributed by atoms with van der Waals surface area (Å²) in [6.45, 7) is 1.62. The maximum atomic E-state index is 14.8. The molecule has 3 aromatic heterocycles. The van der Waals surface area contributed by atoms with Crippen molar-refractivity contribution in [3.8, 4) is 22.6 Å². The molecule has 1 N–H and O–H groups in total. The fourth-order valence-electron chi connectivity index (χ4n) is 3.32. The van der Waals surface area contributed by atoms with Crippen LogP contribution in [-0.4, -0.2) is 45.8 Å². The Kier molecular flexibility index (Phi) is 7.17. The minimum atomic E-state index is -0.790. The highest BCUT2D eigenvalue weighted by atomic mass is 127. The summed E-state index contributed by atoms with van der Waals surface area (Å²) in [7, 11) is 2.63. The topological polar surface area (TPSA) is 87.1 Å². The predicted molar refractivity (Wildman–Crippen MR) is 126 cm³/mol. The Morgan fingerprint density at radius 2 is 1.84 bits per heavy atom. The first-order valence-electron chi connectivity index (χ1n) is 9.47. The van der Waals surface area contributed by atoms with E-state index < -0.39 is 11.6 Å². The summed E-state index contributed by atoms with van der Waals surface area (Å²) in [5.41, 5.74) is 2.45. The van der Waals surface area contributed by atoms with Crippen LogP contribution in [0.25, 0.3) is 22.2 Å². The van der Waals surface area contributed by atoms with Gasteiger partial charge in [-0.25, -0.2) is 13.8 Å². The molecular weight excluding hydrogens is 554 g/mol. The number of H-pyrrole nitrogens is 1. The van der Waals surface area contributed by atoms with Crippen LogP contribution in [-0.2, 0) is 17.5 Å². The zero-order valence-corrected chi connectivity index (χ0v) is 20.3. The van der Waals surface area contributed by atoms with Crippen LogP contribution in [0.4, 0.5) is 8.78 Å². The summed E-state index contributed by atoms with van der Waals surface area (Å²) < 4.78 is 46.9. The summed E-state index contributed by atoms with van der Waals surface area (Å²) in [5, 5.41) is 12.1. The van der Waals surface area contributed by atoms with Gasteiger partial charge in [0.25, 0.3) is 0 Å². The number of nitrogens with zero attached hydrogens (tertiary/aromatic N) is 4. The van der Waals surface area contributed by atoms with Crippen LogP contribution in [0.2, 0.25) is 0 Å². The Hall–Kier alpha value is -2.37. The van der Waals surface area contributed by atoms with E-state index in [1.54, 1.807) is 17.1 Å². The molecule has 12 heteroatoms. The largest absolute Gasteiger partial charge is 0.494 e. The Labute approximate surface area is 197 Å². The van der Waals surface area contributed by atoms with E-state index in [-0.39, 0.29) is 23.5 Å². The molecule has 4 rings (SSSR count). The summed E-state index contributed by atoms with van der Waals surface area (Å²) in [6.07, 6.45) is 5.23. The number of nitrogens with one attached hydrogen (secondary N) is 1. The number of pyridine rings is 1. The van der Waals surface area contributed by atoms with Crippen LogP contribution in [0.15, 0.2) is 30.7 Å². The molecule has 32 heavy (non-hydrogen) atoms. The number of rotatable bonds is 9. The van der Waals surface area contributed by atoms with Crippen LogP contribution in [0.1, 0.15) is 11.3 Å². The van der Waals surface area contributed by atoms with Crippen molar-refractivity contribution in [2.24, 2.45) is 0 Å². The molecular formula is C20H19F2IN5O3P. The number of aromatic amines is 1. The molecule has 168 valence electrons. The Bertz CT molecular complexity index is 1220. The Morgan fingerprint density at radius 1 is 1.09 bits per heavy atom. The van der Waals surface area contributed by atoms with Gasteiger partial charge in [0.15, 0.2) is 28.8 Å². The maximum Gasteiger partial charge on any atom is 0.171 e. The number of methoxy groups -OCH3 is 2. The quantitative estimate of drug-likeness (QED) is 0.178. The van der Waals surface area contributed by atoms with Gasteiger partial charge in [-0.1, -0.05) is 0 Å². The van der Waals surface area contributed by atoms with Crippen molar-refractivity contribution in [2.45, 2.75) is 13.0 Å². The van der Waals surface area contributed by atoms with Gasteiger partial charge in [-0.2, -0.15) is 10.2 Å². The van der Waals surface area contributed by atoms with Crippen molar-refractivity contribution in [3.63, 3.8) is 0 Å². The third kappa shape index (κ3) is 4.55. The molecule has 1 aromatic carbocycles. The lowest BCUT2D eigenvalue weighted by Crippen LogP contribution is -2.03. The van der Waals surface area contributed by atoms with Crippen molar-refractivity contribution in [1.29, 1.82) is 0 Å². The molecule has 1 unspecified atom stereocenters. The molecule has 3 heterocycles. The molecule has 0 bridgehead atoms. The van der Waals surface area contributed by atoms with E-state index in [4.69, 9.17) is 14.0 Å². The van der Waals surface area contributed by atoms with Crippen molar-refractivity contribution in [2.75, 3.05) is 20.8 Å². The fourth-order valence-corrected chi connectivity index (χ4v) is 4.15. The van der Waals surface area contributed by atoms with E-state index in [9.17, 15) is 8.78 Å². The SMILES string of the molecule is COc1cc(OC)c(F)c(Cc2n[nH]c3ncc(-c4cnn(CCOPI)c4)cc23)c1F. The fraction of sp³-hybridized carbons (Fsp3) is 0.250. The van der Waals surface area contributed by atoms with Gasteiger partial charge in [0.05, 0.1) is 45.7 Å². The summed E-state index contributed by atoms with van der Waals surface area (Å²) in [5.74, 6) is -1.78. The van der Waals surface area contributed by atoms with Gasteiger partial charge in [0.2, 0.25) is 0 Å². The Morgan fingerprint density at radius 3 is 2.53 bits per heavy atom. The normalized spacial score (nSPS) is 11.7. The number of ether oxygens (including phenoxy) is 2. The molecule has 1 atom stereocenters. The smallest absolute Gasteiger partial charge is 0.171 e. The summed E-state index contributed by atoms with van der Waals surface area (Å²) >= 11 is 2.17. The third-order valence-electron chi connectivity index (χ3n) is 4.95. The van der Waals surface area contributed by atoms with E-state index in [1.807, 2.05) is 12.3 Å². The highest BCUT2D eigenvalue weighted by molar-refractivity contribution is 14.2. The van der Waals surface area contributed by atoms with E-state index in [2.05, 4.69) is 42.3 Å². The third-order valence-corrected chi connectivity index (χ3v) is 6.20. The van der Waals surface area contributed by atoms with E-state index >= 15 is 0 Å². The van der Waals surface area contributed by atoms with Crippen LogP contribution in [0.3, 0.4) is 0 Å². The molecule has 4 aromatic rings. The van der Waals surface area contributed by atoms with Crippen molar-refractivity contribution in [3.05, 3.63) is 53.6 Å². The number of aromatic nitrogens is 5. The molecule has 0 radical (unpaired) electrons. The minimum Gasteiger partial charge on any atom is -0.494 e. The van der Waals surface area contributed by atoms with Crippen LogP contribution in [0.5, 0.6) is 11.5 Å². The molecule has 8 nitrogen and oxygen atoms in total. The van der Waals surface area contributed by atoms with Crippen LogP contribution < -0.4 is 9.47 Å². The number of hydrogen-bond acceptors (Lipinski definition) is 6. The highest BCUT2D eigenvalue weighted by Gasteiger charge is 2.22. The lowest BCUT2D eigenvalue weighted by Gasteiger charge is -2.12. The highest BCUT2D eigenvalue weighted by Crippen LogP contribution is 2.33. The lowest BCUT2D eigenvalue weighted by atomic mass is 10.0. The molecule has 0 saturated heterocycles. The van der Waals surface area contributed by atoms with E-state index in [0.717, 1.165) is 11.1 Å².